The predicted molar refractivity (Wildman–Crippen MR) is 173 cm³/mol. The van der Waals surface area contributed by atoms with E-state index in [1.54, 1.807) is 55.4 Å². The maximum absolute atomic E-state index is 13.3. The van der Waals surface area contributed by atoms with Gasteiger partial charge in [-0.2, -0.15) is 0 Å². The highest BCUT2D eigenvalue weighted by atomic mass is 16.5. The lowest BCUT2D eigenvalue weighted by Gasteiger charge is -2.32. The van der Waals surface area contributed by atoms with Crippen LogP contribution in [-0.4, -0.2) is 53.4 Å². The molecule has 224 valence electrons. The molecule has 0 amide bonds. The molecule has 0 bridgehead atoms. The standard InChI is InChI=1S/C36H36N4O4/c1-33(2)34(3,4)38(42)31(37(33)41)23-11-9-21-13-27-19-28-14-22-10-12-24(32-39(43)35(5,6)36(7,8)40(32)44)16-26(22)18-30(28)20-29(27)17-25(21)15-23/h9-20H,1-8H3. The van der Waals surface area contributed by atoms with E-state index in [2.05, 4.69) is 36.4 Å². The number of rotatable bonds is 2. The number of nitrogens with zero attached hydrogens (tertiary/aromatic N) is 4. The van der Waals surface area contributed by atoms with Crippen LogP contribution in [0.4, 0.5) is 0 Å². The van der Waals surface area contributed by atoms with Crippen molar-refractivity contribution in [2.45, 2.75) is 77.5 Å². The van der Waals surface area contributed by atoms with Gasteiger partial charge in [0.1, 0.15) is 11.1 Å². The minimum absolute atomic E-state index is 0.128. The largest absolute Gasteiger partial charge is 0.714 e. The summed E-state index contributed by atoms with van der Waals surface area (Å²) in [4.78, 5) is 0. The molecule has 0 fully saturated rings. The Bertz CT molecular complexity index is 1990. The van der Waals surface area contributed by atoms with Gasteiger partial charge >= 0.3 is 11.7 Å². The molecule has 7 rings (SSSR count). The molecular weight excluding hydrogens is 552 g/mol. The van der Waals surface area contributed by atoms with Crippen molar-refractivity contribution < 1.29 is 19.9 Å². The van der Waals surface area contributed by atoms with Gasteiger partial charge in [0.25, 0.3) is 0 Å². The van der Waals surface area contributed by atoms with Crippen LogP contribution in [0.3, 0.4) is 0 Å². The minimum atomic E-state index is -0.884. The molecule has 2 radical (unpaired) electrons. The van der Waals surface area contributed by atoms with Crippen molar-refractivity contribution in [3.05, 3.63) is 94.3 Å². The molecule has 2 aliphatic rings. The van der Waals surface area contributed by atoms with Crippen molar-refractivity contribution >= 4 is 54.8 Å². The molecule has 2 aliphatic heterocycles. The molecular formula is C36H36N4O4. The second-order valence-corrected chi connectivity index (χ2v) is 14.4. The molecule has 5 aromatic carbocycles. The summed E-state index contributed by atoms with van der Waals surface area (Å²) < 4.78 is 1.69. The monoisotopic (exact) mass is 588 g/mol. The molecule has 0 N–H and O–H groups in total. The number of hydrogen-bond acceptors (Lipinski definition) is 4. The molecule has 0 aromatic heterocycles. The first-order valence-corrected chi connectivity index (χ1v) is 15.0. The Balaban J connectivity index is 1.35. The van der Waals surface area contributed by atoms with E-state index in [1.807, 2.05) is 36.4 Å². The van der Waals surface area contributed by atoms with Crippen LogP contribution in [0.25, 0.3) is 43.1 Å². The summed E-state index contributed by atoms with van der Waals surface area (Å²) in [5.74, 6) is 0.256. The third-order valence-electron chi connectivity index (χ3n) is 11.0. The third kappa shape index (κ3) is 3.52. The van der Waals surface area contributed by atoms with Crippen LogP contribution in [0.5, 0.6) is 0 Å². The van der Waals surface area contributed by atoms with E-state index < -0.39 is 22.2 Å². The Morgan fingerprint density at radius 3 is 1.00 bits per heavy atom. The summed E-state index contributed by atoms with van der Waals surface area (Å²) in [6, 6.07) is 24.2. The van der Waals surface area contributed by atoms with E-state index in [4.69, 9.17) is 0 Å². The van der Waals surface area contributed by atoms with Crippen molar-refractivity contribution in [3.63, 3.8) is 0 Å². The zero-order valence-corrected chi connectivity index (χ0v) is 26.4. The third-order valence-corrected chi connectivity index (χ3v) is 11.0. The van der Waals surface area contributed by atoms with Crippen molar-refractivity contribution in [1.82, 2.24) is 10.1 Å². The lowest BCUT2D eigenvalue weighted by Crippen LogP contribution is -2.53. The molecule has 0 unspecified atom stereocenters. The average Bonchev–Trinajstić information content (AvgIpc) is 3.16. The molecule has 0 atom stereocenters. The van der Waals surface area contributed by atoms with Crippen LogP contribution >= 0.6 is 0 Å². The maximum atomic E-state index is 13.3. The second-order valence-electron chi connectivity index (χ2n) is 14.4. The van der Waals surface area contributed by atoms with Gasteiger partial charge in [-0.25, -0.2) is 0 Å². The number of fused-ring (bicyclic) bond motifs is 4. The van der Waals surface area contributed by atoms with Gasteiger partial charge in [0, 0.05) is 10.4 Å². The van der Waals surface area contributed by atoms with Gasteiger partial charge in [-0.3, -0.25) is 9.48 Å². The average molecular weight is 589 g/mol. The minimum Gasteiger partial charge on any atom is -0.714 e. The van der Waals surface area contributed by atoms with Crippen LogP contribution in [0.15, 0.2) is 72.8 Å². The molecule has 44 heavy (non-hydrogen) atoms. The van der Waals surface area contributed by atoms with Crippen LogP contribution in [0.1, 0.15) is 66.5 Å². The molecule has 5 aromatic rings. The summed E-state index contributed by atoms with van der Waals surface area (Å²) in [6.07, 6.45) is 0. The summed E-state index contributed by atoms with van der Waals surface area (Å²) in [5, 5.41) is 62.8. The zero-order chi connectivity index (χ0) is 31.7. The Labute approximate surface area is 256 Å². The van der Waals surface area contributed by atoms with E-state index in [9.17, 15) is 20.8 Å². The van der Waals surface area contributed by atoms with Gasteiger partial charge in [0.15, 0.2) is 11.1 Å². The fraction of sp³-hybridized carbons (Fsp3) is 0.333. The Kier molecular flexibility index (Phi) is 5.55. The molecule has 0 aliphatic carbocycles. The van der Waals surface area contributed by atoms with Crippen molar-refractivity contribution in [3.8, 4) is 0 Å². The summed E-state index contributed by atoms with van der Waals surface area (Å²) in [5.41, 5.74) is -2.35. The topological polar surface area (TPSA) is 98.4 Å². The lowest BCUT2D eigenvalue weighted by atomic mass is 9.84. The van der Waals surface area contributed by atoms with Gasteiger partial charge in [-0.05, 0) is 159 Å². The van der Waals surface area contributed by atoms with Crippen molar-refractivity contribution in [1.29, 1.82) is 0 Å². The van der Waals surface area contributed by atoms with Gasteiger partial charge in [0.2, 0.25) is 0 Å². The lowest BCUT2D eigenvalue weighted by molar-refractivity contribution is -0.539. The first kappa shape index (κ1) is 28.4. The SMILES string of the molecule is CC1(C)N([O])C(c2ccc3cc4cc5cc6ccc(C7=[N+]([O-])C(C)(C)C(C)(C)N7[O])cc6cc5cc4cc3c2)=[N+]([O-])C1(C)C. The smallest absolute Gasteiger partial charge is 0.316 e. The van der Waals surface area contributed by atoms with Crippen LogP contribution in [0, 0.1) is 10.4 Å². The van der Waals surface area contributed by atoms with Gasteiger partial charge in [-0.15, -0.1) is 0 Å². The van der Waals surface area contributed by atoms with Crippen molar-refractivity contribution in [2.75, 3.05) is 0 Å². The maximum Gasteiger partial charge on any atom is 0.316 e. The molecule has 2 heterocycles. The van der Waals surface area contributed by atoms with Gasteiger partial charge in [-0.1, -0.05) is 22.3 Å². The number of benzene rings is 5. The number of amidine groups is 2. The first-order chi connectivity index (χ1) is 20.5. The van der Waals surface area contributed by atoms with Crippen LogP contribution in [-0.2, 0) is 10.4 Å². The Morgan fingerprint density at radius 2 is 0.727 bits per heavy atom. The van der Waals surface area contributed by atoms with Gasteiger partial charge < -0.3 is 10.4 Å². The fourth-order valence-corrected chi connectivity index (χ4v) is 6.47. The Morgan fingerprint density at radius 1 is 0.455 bits per heavy atom. The Hall–Kier alpha value is -4.40. The summed E-state index contributed by atoms with van der Waals surface area (Å²) in [6.45, 7) is 14.4. The first-order valence-electron chi connectivity index (χ1n) is 15.0. The number of hydroxylamine groups is 6. The normalized spacial score (nSPS) is 20.7. The predicted octanol–water partition coefficient (Wildman–Crippen LogP) is 7.25. The number of hydrogen-bond donors (Lipinski definition) is 0. The highest BCUT2D eigenvalue weighted by Crippen LogP contribution is 2.40. The highest BCUT2D eigenvalue weighted by molar-refractivity contribution is 6.10. The summed E-state index contributed by atoms with van der Waals surface area (Å²) in [7, 11) is 0. The highest BCUT2D eigenvalue weighted by Gasteiger charge is 2.61. The quantitative estimate of drug-likeness (QED) is 0.123. The van der Waals surface area contributed by atoms with Crippen LogP contribution < -0.4 is 0 Å². The summed E-state index contributed by atoms with van der Waals surface area (Å²) >= 11 is 0. The van der Waals surface area contributed by atoms with Crippen molar-refractivity contribution in [2.24, 2.45) is 0 Å². The van der Waals surface area contributed by atoms with E-state index in [-0.39, 0.29) is 11.7 Å². The molecule has 0 saturated heterocycles. The van der Waals surface area contributed by atoms with Crippen LogP contribution in [0.2, 0.25) is 0 Å². The van der Waals surface area contributed by atoms with E-state index in [1.165, 1.54) is 0 Å². The van der Waals surface area contributed by atoms with E-state index in [0.717, 1.165) is 62.7 Å². The second kappa shape index (κ2) is 8.61. The fourth-order valence-electron chi connectivity index (χ4n) is 6.47. The van der Waals surface area contributed by atoms with E-state index in [0.29, 0.717) is 11.1 Å². The zero-order valence-electron chi connectivity index (χ0n) is 26.4. The molecule has 8 heteroatoms. The molecule has 0 spiro atoms. The molecule has 8 nitrogen and oxygen atoms in total. The molecule has 0 saturated carbocycles. The van der Waals surface area contributed by atoms with E-state index >= 15 is 0 Å². The van der Waals surface area contributed by atoms with Gasteiger partial charge in [0.05, 0.1) is 11.1 Å².